The van der Waals surface area contributed by atoms with Crippen molar-refractivity contribution in [2.75, 3.05) is 0 Å². The Hall–Kier alpha value is -6.77. The highest BCUT2D eigenvalue weighted by molar-refractivity contribution is 6.28. The molecule has 2 nitrogen and oxygen atoms in total. The van der Waals surface area contributed by atoms with E-state index in [1.807, 2.05) is 18.5 Å². The van der Waals surface area contributed by atoms with Gasteiger partial charge < -0.3 is 4.42 Å². The average Bonchev–Trinajstić information content (AvgIpc) is 3.62. The van der Waals surface area contributed by atoms with Gasteiger partial charge in [0, 0.05) is 28.7 Å². The molecule has 10 aromatic rings. The molecule has 0 aliphatic heterocycles. The first-order valence-electron chi connectivity index (χ1n) is 18.9. The average molecular weight is 690 g/mol. The van der Waals surface area contributed by atoms with Crippen LogP contribution in [-0.2, 0) is 0 Å². The van der Waals surface area contributed by atoms with Gasteiger partial charge in [0.2, 0.25) is 0 Å². The Morgan fingerprint density at radius 3 is 1.59 bits per heavy atom. The summed E-state index contributed by atoms with van der Waals surface area (Å²) in [5.74, 6) is 0.325. The number of pyridine rings is 1. The predicted octanol–water partition coefficient (Wildman–Crippen LogP) is 14.6. The second-order valence-corrected chi connectivity index (χ2v) is 14.6. The number of hydrogen-bond donors (Lipinski definition) is 0. The molecule has 1 aliphatic rings. The van der Waals surface area contributed by atoms with E-state index in [4.69, 9.17) is 4.42 Å². The summed E-state index contributed by atoms with van der Waals surface area (Å²) in [7, 11) is 0. The highest BCUT2D eigenvalue weighted by Gasteiger charge is 2.28. The number of benzene rings is 8. The van der Waals surface area contributed by atoms with Gasteiger partial charge in [0.15, 0.2) is 0 Å². The second kappa shape index (κ2) is 12.1. The number of aromatic nitrogens is 1. The quantitative estimate of drug-likeness (QED) is 0.172. The molecule has 0 fully saturated rings. The second-order valence-electron chi connectivity index (χ2n) is 14.6. The van der Waals surface area contributed by atoms with E-state index in [0.29, 0.717) is 5.92 Å². The van der Waals surface area contributed by atoms with Gasteiger partial charge in [0.05, 0.1) is 0 Å². The monoisotopic (exact) mass is 689 g/mol. The highest BCUT2D eigenvalue weighted by Crippen LogP contribution is 2.52. The van der Waals surface area contributed by atoms with Gasteiger partial charge in [-0.1, -0.05) is 153 Å². The zero-order valence-corrected chi connectivity index (χ0v) is 29.9. The minimum Gasteiger partial charge on any atom is -0.456 e. The third-order valence-electron chi connectivity index (χ3n) is 11.6. The van der Waals surface area contributed by atoms with Gasteiger partial charge in [-0.15, -0.1) is 0 Å². The largest absolute Gasteiger partial charge is 0.456 e. The van der Waals surface area contributed by atoms with Gasteiger partial charge in [-0.25, -0.2) is 0 Å². The molecule has 0 radical (unpaired) electrons. The summed E-state index contributed by atoms with van der Waals surface area (Å²) in [6, 6.07) is 55.0. The molecule has 0 N–H and O–H groups in total. The van der Waals surface area contributed by atoms with E-state index in [9.17, 15) is 0 Å². The molecule has 1 aliphatic carbocycles. The van der Waals surface area contributed by atoms with Gasteiger partial charge in [-0.2, -0.15) is 0 Å². The van der Waals surface area contributed by atoms with E-state index in [1.165, 1.54) is 82.4 Å². The van der Waals surface area contributed by atoms with Crippen molar-refractivity contribution < 1.29 is 4.42 Å². The molecule has 1 unspecified atom stereocenters. The van der Waals surface area contributed by atoms with Crippen LogP contribution in [0.25, 0.3) is 105 Å². The fourth-order valence-corrected chi connectivity index (χ4v) is 9.40. The van der Waals surface area contributed by atoms with Crippen molar-refractivity contribution in [1.29, 1.82) is 0 Å². The summed E-state index contributed by atoms with van der Waals surface area (Å²) in [5.41, 5.74) is 14.3. The molecule has 2 aromatic heterocycles. The molecule has 0 bridgehead atoms. The summed E-state index contributed by atoms with van der Waals surface area (Å²) in [6.45, 7) is 2.37. The lowest BCUT2D eigenvalue weighted by molar-refractivity contribution is 0.669. The van der Waals surface area contributed by atoms with Crippen LogP contribution >= 0.6 is 0 Å². The molecule has 11 rings (SSSR count). The number of hydrogen-bond acceptors (Lipinski definition) is 2. The van der Waals surface area contributed by atoms with Crippen LogP contribution in [0.5, 0.6) is 0 Å². The number of nitrogens with zero attached hydrogens (tertiary/aromatic N) is 1. The Morgan fingerprint density at radius 1 is 0.481 bits per heavy atom. The van der Waals surface area contributed by atoms with Crippen molar-refractivity contribution in [2.24, 2.45) is 0 Å². The van der Waals surface area contributed by atoms with Crippen LogP contribution in [0.3, 0.4) is 0 Å². The van der Waals surface area contributed by atoms with Crippen molar-refractivity contribution in [3.05, 3.63) is 181 Å². The maximum Gasteiger partial charge on any atom is 0.136 e. The van der Waals surface area contributed by atoms with Crippen molar-refractivity contribution in [2.45, 2.75) is 19.3 Å². The molecule has 2 heteroatoms. The van der Waals surface area contributed by atoms with Gasteiger partial charge >= 0.3 is 0 Å². The fourth-order valence-electron chi connectivity index (χ4n) is 9.40. The number of fused-ring (bicyclic) bond motifs is 7. The molecule has 1 atom stereocenters. The zero-order valence-electron chi connectivity index (χ0n) is 29.9. The molecule has 0 spiro atoms. The van der Waals surface area contributed by atoms with Crippen LogP contribution in [0.4, 0.5) is 0 Å². The lowest BCUT2D eigenvalue weighted by Gasteiger charge is -2.27. The van der Waals surface area contributed by atoms with Crippen LogP contribution in [0.1, 0.15) is 30.4 Å². The SMILES string of the molecule is CC1CC=Cc2c1c(-c1cccc3oc4cccc(-c5c6ccccc6c(-c6ccccc6)c6ccccc56)c4c13)c1ccccc1c2-c1cccnc1. The van der Waals surface area contributed by atoms with Crippen molar-refractivity contribution in [1.82, 2.24) is 4.98 Å². The summed E-state index contributed by atoms with van der Waals surface area (Å²) in [5, 5.41) is 9.75. The van der Waals surface area contributed by atoms with Crippen LogP contribution in [0.15, 0.2) is 175 Å². The Bertz CT molecular complexity index is 3080. The molecule has 8 aromatic carbocycles. The van der Waals surface area contributed by atoms with Gasteiger partial charge in [0.25, 0.3) is 0 Å². The van der Waals surface area contributed by atoms with Crippen molar-refractivity contribution in [3.8, 4) is 44.5 Å². The number of rotatable bonds is 4. The van der Waals surface area contributed by atoms with Crippen LogP contribution < -0.4 is 0 Å². The lowest BCUT2D eigenvalue weighted by atomic mass is 9.76. The van der Waals surface area contributed by atoms with Crippen molar-refractivity contribution >= 4 is 60.3 Å². The number of allylic oxidation sites excluding steroid dienone is 1. The van der Waals surface area contributed by atoms with Gasteiger partial charge in [0.1, 0.15) is 11.2 Å². The molecular weight excluding hydrogens is 655 g/mol. The molecule has 0 saturated carbocycles. The van der Waals surface area contributed by atoms with Crippen LogP contribution in [0, 0.1) is 0 Å². The van der Waals surface area contributed by atoms with Gasteiger partial charge in [-0.3, -0.25) is 4.98 Å². The first-order chi connectivity index (χ1) is 26.8. The smallest absolute Gasteiger partial charge is 0.136 e. The summed E-state index contributed by atoms with van der Waals surface area (Å²) >= 11 is 0. The summed E-state index contributed by atoms with van der Waals surface area (Å²) in [4.78, 5) is 4.55. The molecule has 0 saturated heterocycles. The standard InChI is InChI=1S/C52H35NO/c1-32-15-11-25-41-46(32)50(40-24-10-7-21-37(40)48(41)34-18-14-30-53-31-34)43-27-13-29-45-52(43)51-42(26-12-28-44(51)54-45)49-38-22-8-5-19-35(38)47(33-16-3-2-4-17-33)36-20-6-9-23-39(36)49/h2-14,16-32H,15H2,1H3. The molecule has 254 valence electrons. The Morgan fingerprint density at radius 2 is 1.00 bits per heavy atom. The van der Waals surface area contributed by atoms with E-state index in [1.54, 1.807) is 0 Å². The Kier molecular flexibility index (Phi) is 6.93. The minimum atomic E-state index is 0.325. The van der Waals surface area contributed by atoms with E-state index >= 15 is 0 Å². The van der Waals surface area contributed by atoms with E-state index in [0.717, 1.165) is 33.9 Å². The molecule has 54 heavy (non-hydrogen) atoms. The highest BCUT2D eigenvalue weighted by atomic mass is 16.3. The van der Waals surface area contributed by atoms with Gasteiger partial charge in [-0.05, 0) is 113 Å². The maximum absolute atomic E-state index is 6.85. The molecule has 2 heterocycles. The van der Waals surface area contributed by atoms with Crippen LogP contribution in [0.2, 0.25) is 0 Å². The Labute approximate surface area is 313 Å². The Balaban J connectivity index is 1.29. The lowest BCUT2D eigenvalue weighted by Crippen LogP contribution is -2.06. The molecular formula is C52H35NO. The van der Waals surface area contributed by atoms with E-state index in [2.05, 4.69) is 170 Å². The zero-order chi connectivity index (χ0) is 35.8. The van der Waals surface area contributed by atoms with E-state index < -0.39 is 0 Å². The van der Waals surface area contributed by atoms with Crippen LogP contribution in [-0.4, -0.2) is 4.98 Å². The first-order valence-corrected chi connectivity index (χ1v) is 18.9. The number of furan rings is 1. The van der Waals surface area contributed by atoms with E-state index in [-0.39, 0.29) is 0 Å². The topological polar surface area (TPSA) is 26.0 Å². The minimum absolute atomic E-state index is 0.325. The maximum atomic E-state index is 6.85. The van der Waals surface area contributed by atoms with Crippen molar-refractivity contribution in [3.63, 3.8) is 0 Å². The summed E-state index contributed by atoms with van der Waals surface area (Å²) in [6.07, 6.45) is 9.54. The molecule has 0 amide bonds. The normalized spacial score (nSPS) is 14.1. The first kappa shape index (κ1) is 30.8. The fraction of sp³-hybridized carbons (Fsp3) is 0.0577. The third kappa shape index (κ3) is 4.50. The summed E-state index contributed by atoms with van der Waals surface area (Å²) < 4.78 is 6.85. The predicted molar refractivity (Wildman–Crippen MR) is 228 cm³/mol. The third-order valence-corrected chi connectivity index (χ3v) is 11.6.